The van der Waals surface area contributed by atoms with Crippen molar-refractivity contribution >= 4 is 16.5 Å². The van der Waals surface area contributed by atoms with Crippen LogP contribution < -0.4 is 5.73 Å². The Hall–Kier alpha value is -0.900. The first-order chi connectivity index (χ1) is 7.54. The highest BCUT2D eigenvalue weighted by molar-refractivity contribution is 7.84. The van der Waals surface area contributed by atoms with Gasteiger partial charge < -0.3 is 5.73 Å². The molecule has 2 unspecified atom stereocenters. The molecule has 0 aromatic heterocycles. The van der Waals surface area contributed by atoms with Crippen LogP contribution in [0.1, 0.15) is 25.8 Å². The molecular weight excluding hydrogens is 225 g/mol. The van der Waals surface area contributed by atoms with Gasteiger partial charge in [-0.2, -0.15) is 0 Å². The largest absolute Gasteiger partial charge is 0.398 e. The SMILES string of the molecule is CCC(C)CS(=O)Cc1c(N)cccc1F. The molecule has 1 aromatic carbocycles. The molecule has 0 saturated carbocycles. The molecule has 0 aliphatic rings. The maximum atomic E-state index is 13.4. The molecule has 2 atom stereocenters. The summed E-state index contributed by atoms with van der Waals surface area (Å²) in [6, 6.07) is 4.55. The smallest absolute Gasteiger partial charge is 0.129 e. The van der Waals surface area contributed by atoms with E-state index in [4.69, 9.17) is 5.73 Å². The molecule has 16 heavy (non-hydrogen) atoms. The van der Waals surface area contributed by atoms with E-state index in [9.17, 15) is 8.60 Å². The molecule has 2 nitrogen and oxygen atoms in total. The molecular formula is C12H18FNOS. The Morgan fingerprint density at radius 3 is 2.75 bits per heavy atom. The number of anilines is 1. The third kappa shape index (κ3) is 3.59. The highest BCUT2D eigenvalue weighted by Crippen LogP contribution is 2.18. The first-order valence-electron chi connectivity index (χ1n) is 5.42. The number of hydrogen-bond acceptors (Lipinski definition) is 2. The normalized spacial score (nSPS) is 14.7. The fourth-order valence-electron chi connectivity index (χ4n) is 1.38. The highest BCUT2D eigenvalue weighted by Gasteiger charge is 2.12. The van der Waals surface area contributed by atoms with Gasteiger partial charge in [0.1, 0.15) is 5.82 Å². The molecule has 0 spiro atoms. The van der Waals surface area contributed by atoms with Gasteiger partial charge in [0.25, 0.3) is 0 Å². The summed E-state index contributed by atoms with van der Waals surface area (Å²) in [4.78, 5) is 0. The Labute approximate surface area is 98.5 Å². The predicted molar refractivity (Wildman–Crippen MR) is 67.0 cm³/mol. The third-order valence-corrected chi connectivity index (χ3v) is 4.18. The van der Waals surface area contributed by atoms with Crippen LogP contribution in [-0.2, 0) is 16.6 Å². The summed E-state index contributed by atoms with van der Waals surface area (Å²) < 4.78 is 25.2. The molecule has 0 radical (unpaired) electrons. The summed E-state index contributed by atoms with van der Waals surface area (Å²) in [6.45, 7) is 4.10. The minimum atomic E-state index is -1.04. The van der Waals surface area contributed by atoms with Crippen LogP contribution in [-0.4, -0.2) is 9.96 Å². The van der Waals surface area contributed by atoms with E-state index >= 15 is 0 Å². The molecule has 1 aromatic rings. The Morgan fingerprint density at radius 2 is 2.19 bits per heavy atom. The van der Waals surface area contributed by atoms with Crippen LogP contribution in [0.15, 0.2) is 18.2 Å². The number of nitrogens with two attached hydrogens (primary N) is 1. The van der Waals surface area contributed by atoms with Gasteiger partial charge in [-0.05, 0) is 18.1 Å². The molecule has 0 aliphatic heterocycles. The summed E-state index contributed by atoms with van der Waals surface area (Å²) in [5.41, 5.74) is 6.42. The zero-order chi connectivity index (χ0) is 12.1. The van der Waals surface area contributed by atoms with Gasteiger partial charge in [-0.15, -0.1) is 0 Å². The van der Waals surface area contributed by atoms with Gasteiger partial charge in [-0.25, -0.2) is 4.39 Å². The Bertz CT molecular complexity index is 361. The van der Waals surface area contributed by atoms with Crippen LogP contribution in [0.25, 0.3) is 0 Å². The number of halogens is 1. The summed E-state index contributed by atoms with van der Waals surface area (Å²) in [6.07, 6.45) is 0.985. The fourth-order valence-corrected chi connectivity index (χ4v) is 3.00. The van der Waals surface area contributed by atoms with Gasteiger partial charge in [-0.1, -0.05) is 26.3 Å². The van der Waals surface area contributed by atoms with Gasteiger partial charge in [0.05, 0.1) is 5.75 Å². The molecule has 0 aliphatic carbocycles. The number of rotatable bonds is 5. The first kappa shape index (κ1) is 13.2. The van der Waals surface area contributed by atoms with Crippen molar-refractivity contribution in [2.45, 2.75) is 26.0 Å². The van der Waals surface area contributed by atoms with Crippen molar-refractivity contribution in [2.75, 3.05) is 11.5 Å². The molecule has 0 heterocycles. The van der Waals surface area contributed by atoms with Crippen LogP contribution in [0.5, 0.6) is 0 Å². The highest BCUT2D eigenvalue weighted by atomic mass is 32.2. The zero-order valence-electron chi connectivity index (χ0n) is 9.70. The van der Waals surface area contributed by atoms with E-state index in [1.807, 2.05) is 6.92 Å². The van der Waals surface area contributed by atoms with Crippen molar-refractivity contribution in [3.63, 3.8) is 0 Å². The number of nitrogen functional groups attached to an aromatic ring is 1. The lowest BCUT2D eigenvalue weighted by Gasteiger charge is -2.10. The van der Waals surface area contributed by atoms with Crippen molar-refractivity contribution in [3.05, 3.63) is 29.6 Å². The van der Waals surface area contributed by atoms with E-state index in [-0.39, 0.29) is 11.6 Å². The van der Waals surface area contributed by atoms with Gasteiger partial charge in [0.15, 0.2) is 0 Å². The molecule has 0 bridgehead atoms. The monoisotopic (exact) mass is 243 g/mol. The van der Waals surface area contributed by atoms with Crippen molar-refractivity contribution in [3.8, 4) is 0 Å². The van der Waals surface area contributed by atoms with Crippen molar-refractivity contribution < 1.29 is 8.60 Å². The van der Waals surface area contributed by atoms with Gasteiger partial charge in [0, 0.05) is 27.8 Å². The van der Waals surface area contributed by atoms with Crippen LogP contribution in [0.2, 0.25) is 0 Å². The van der Waals surface area contributed by atoms with E-state index < -0.39 is 10.8 Å². The average molecular weight is 243 g/mol. The second-order valence-electron chi connectivity index (χ2n) is 4.07. The molecule has 0 saturated heterocycles. The quantitative estimate of drug-likeness (QED) is 0.808. The standard InChI is InChI=1S/C12H18FNOS/c1-3-9(2)7-16(15)8-10-11(13)5-4-6-12(10)14/h4-6,9H,3,7-8,14H2,1-2H3. The van der Waals surface area contributed by atoms with Crippen LogP contribution in [0, 0.1) is 11.7 Å². The second kappa shape index (κ2) is 5.99. The fraction of sp³-hybridized carbons (Fsp3) is 0.500. The first-order valence-corrected chi connectivity index (χ1v) is 6.91. The predicted octanol–water partition coefficient (Wildman–Crippen LogP) is 2.70. The van der Waals surface area contributed by atoms with Crippen molar-refractivity contribution in [1.82, 2.24) is 0 Å². The average Bonchev–Trinajstić information content (AvgIpc) is 2.23. The summed E-state index contributed by atoms with van der Waals surface area (Å²) in [7, 11) is -1.04. The third-order valence-electron chi connectivity index (χ3n) is 2.63. The second-order valence-corrected chi connectivity index (χ2v) is 5.57. The number of benzene rings is 1. The summed E-state index contributed by atoms with van der Waals surface area (Å²) in [5, 5.41) is 0. The topological polar surface area (TPSA) is 43.1 Å². The lowest BCUT2D eigenvalue weighted by atomic mass is 10.2. The minimum absolute atomic E-state index is 0.211. The summed E-state index contributed by atoms with van der Waals surface area (Å²) in [5.74, 6) is 0.846. The molecule has 0 amide bonds. The van der Waals surface area contributed by atoms with Gasteiger partial charge >= 0.3 is 0 Å². The van der Waals surface area contributed by atoms with Gasteiger partial charge in [-0.3, -0.25) is 4.21 Å². The van der Waals surface area contributed by atoms with E-state index in [0.29, 0.717) is 22.9 Å². The maximum Gasteiger partial charge on any atom is 0.129 e. The van der Waals surface area contributed by atoms with Crippen molar-refractivity contribution in [2.24, 2.45) is 5.92 Å². The summed E-state index contributed by atoms with van der Waals surface area (Å²) >= 11 is 0. The van der Waals surface area contributed by atoms with E-state index in [0.717, 1.165) is 6.42 Å². The Morgan fingerprint density at radius 1 is 1.50 bits per heavy atom. The Balaban J connectivity index is 2.70. The van der Waals surface area contributed by atoms with E-state index in [1.165, 1.54) is 6.07 Å². The molecule has 4 heteroatoms. The van der Waals surface area contributed by atoms with Gasteiger partial charge in [0.2, 0.25) is 0 Å². The minimum Gasteiger partial charge on any atom is -0.398 e. The number of hydrogen-bond donors (Lipinski definition) is 1. The van der Waals surface area contributed by atoms with E-state index in [1.54, 1.807) is 12.1 Å². The lowest BCUT2D eigenvalue weighted by molar-refractivity contribution is 0.607. The molecule has 0 fully saturated rings. The van der Waals surface area contributed by atoms with Crippen LogP contribution in [0.4, 0.5) is 10.1 Å². The molecule has 2 N–H and O–H groups in total. The zero-order valence-corrected chi connectivity index (χ0v) is 10.5. The van der Waals surface area contributed by atoms with Crippen LogP contribution in [0.3, 0.4) is 0 Å². The van der Waals surface area contributed by atoms with Crippen molar-refractivity contribution in [1.29, 1.82) is 0 Å². The molecule has 90 valence electrons. The lowest BCUT2D eigenvalue weighted by Crippen LogP contribution is -2.10. The maximum absolute atomic E-state index is 13.4. The molecule has 1 rings (SSSR count). The van der Waals surface area contributed by atoms with Crippen LogP contribution >= 0.6 is 0 Å². The van der Waals surface area contributed by atoms with E-state index in [2.05, 4.69) is 6.92 Å². The Kier molecular flexibility index (Phi) is 4.93.